The first-order valence-electron chi connectivity index (χ1n) is 30.2. The number of rotatable bonds is 29. The van der Waals surface area contributed by atoms with Crippen molar-refractivity contribution < 1.29 is 58.0 Å². The molecule has 2 aromatic carbocycles. The van der Waals surface area contributed by atoms with Gasteiger partial charge in [0.2, 0.25) is 41.4 Å². The smallest absolute Gasteiger partial charge is 0.247 e. The molecule has 0 spiro atoms. The Morgan fingerprint density at radius 2 is 0.988 bits per heavy atom. The summed E-state index contributed by atoms with van der Waals surface area (Å²) in [7, 11) is 3.35. The highest BCUT2D eigenvalue weighted by Crippen LogP contribution is 2.37. The molecule has 12 atom stereocenters. The molecule has 4 aliphatic heterocycles. The van der Waals surface area contributed by atoms with E-state index in [0.29, 0.717) is 113 Å². The van der Waals surface area contributed by atoms with E-state index in [0.717, 1.165) is 25.7 Å². The summed E-state index contributed by atoms with van der Waals surface area (Å²) in [5, 5.41) is 41.1. The van der Waals surface area contributed by atoms with Gasteiger partial charge in [-0.15, -0.1) is 0 Å². The molecule has 21 nitrogen and oxygen atoms in total. The fraction of sp³-hybridized carbons (Fsp3) is 0.672. The van der Waals surface area contributed by atoms with E-state index in [9.17, 15) is 48.6 Å². The molecule has 7 amide bonds. The molecule has 5 fully saturated rings. The normalized spacial score (nSPS) is 26.9. The summed E-state index contributed by atoms with van der Waals surface area (Å²) in [5.74, 6) is -3.20. The molecule has 0 bridgehead atoms. The first kappa shape index (κ1) is 63.7. The second-order valence-corrected chi connectivity index (χ2v) is 23.1. The topological polar surface area (TPSA) is 286 Å². The molecule has 2 aromatic rings. The van der Waals surface area contributed by atoms with E-state index in [-0.39, 0.29) is 68.4 Å². The number of aliphatic hydroxyl groups is 2. The number of ether oxygens (including phenoxy) is 2. The molecule has 0 aromatic heterocycles. The summed E-state index contributed by atoms with van der Waals surface area (Å²) in [6.45, 7) is 5.15. The Morgan fingerprint density at radius 3 is 1.43 bits per heavy atom. The third kappa shape index (κ3) is 16.3. The predicted molar refractivity (Wildman–Crippen MR) is 306 cm³/mol. The predicted octanol–water partition coefficient (Wildman–Crippen LogP) is 2.50. The maximum Gasteiger partial charge on any atom is 0.247 e. The molecule has 82 heavy (non-hydrogen) atoms. The van der Waals surface area contributed by atoms with Gasteiger partial charge in [0.15, 0.2) is 5.78 Å². The van der Waals surface area contributed by atoms with Crippen LogP contribution in [-0.4, -0.2) is 176 Å². The van der Waals surface area contributed by atoms with E-state index >= 15 is 0 Å². The third-order valence-electron chi connectivity index (χ3n) is 17.9. The fourth-order valence-electron chi connectivity index (χ4n) is 13.0. The number of hydrogen-bond acceptors (Lipinski definition) is 14. The summed E-state index contributed by atoms with van der Waals surface area (Å²) in [5.41, 5.74) is 1.23. The van der Waals surface area contributed by atoms with Crippen molar-refractivity contribution in [1.82, 2.24) is 47.0 Å². The van der Waals surface area contributed by atoms with Gasteiger partial charge in [-0.2, -0.15) is 0 Å². The van der Waals surface area contributed by atoms with Crippen molar-refractivity contribution in [2.45, 2.75) is 177 Å². The molecule has 1 saturated carbocycles. The Kier molecular flexibility index (Phi) is 24.7. The molecule has 4 heterocycles. The van der Waals surface area contributed by atoms with Crippen LogP contribution in [0, 0.1) is 23.7 Å². The number of aliphatic hydroxyl groups excluding tert-OH is 2. The summed E-state index contributed by atoms with van der Waals surface area (Å²) in [6.07, 6.45) is 9.72. The maximum atomic E-state index is 14.2. The van der Waals surface area contributed by atoms with Crippen molar-refractivity contribution in [2.75, 3.05) is 60.3 Å². The monoisotopic (exact) mass is 1140 g/mol. The number of fused-ring (bicyclic) bond motifs is 2. The number of hydrogen-bond donors (Lipinski definition) is 9. The zero-order valence-electron chi connectivity index (χ0n) is 48.5. The van der Waals surface area contributed by atoms with E-state index in [1.807, 2.05) is 38.1 Å². The molecule has 7 rings (SSSR count). The van der Waals surface area contributed by atoms with Crippen molar-refractivity contribution in [3.8, 4) is 0 Å². The number of amides is 7. The quantitative estimate of drug-likeness (QED) is 0.0530. The number of nitrogens with zero attached hydrogens (tertiary/aromatic N) is 2. The van der Waals surface area contributed by atoms with E-state index in [1.54, 1.807) is 60.3 Å². The highest BCUT2D eigenvalue weighted by molar-refractivity contribution is 5.97. The SMILES string of the molecule is CC[C@H](NC)C(=O)N[C@@H]1C(=O)N2[C@@H](CC[C@@H]1CO)CC[C@H]2C(=O)N[C@H](C(=O)CCCOCC1CCC(COCCNC(=O)[C@@H](NC(=O)[C@@H]2CC[C@@H]3CC[C@H](CO)[C@H](NC(=O)[C@H](CC)NC)C(=O)N32)c2ccccc2)CC1)c1ccccc1. The number of ketones is 1. The average molecular weight is 1140 g/mol. The van der Waals surface area contributed by atoms with Gasteiger partial charge in [0.25, 0.3) is 0 Å². The molecule has 1 aliphatic carbocycles. The van der Waals surface area contributed by atoms with E-state index < -0.39 is 83.8 Å². The molecular weight excluding hydrogens is 1050 g/mol. The highest BCUT2D eigenvalue weighted by atomic mass is 16.5. The lowest BCUT2D eigenvalue weighted by atomic mass is 9.83. The van der Waals surface area contributed by atoms with Crippen LogP contribution >= 0.6 is 0 Å². The minimum absolute atomic E-state index is 0.164. The van der Waals surface area contributed by atoms with Gasteiger partial charge in [-0.05, 0) is 133 Å². The fourth-order valence-corrected chi connectivity index (χ4v) is 13.0. The Labute approximate surface area is 483 Å². The lowest BCUT2D eigenvalue weighted by molar-refractivity contribution is -0.144. The maximum absolute atomic E-state index is 14.2. The average Bonchev–Trinajstić information content (AvgIpc) is 3.90. The first-order valence-corrected chi connectivity index (χ1v) is 30.2. The van der Waals surface area contributed by atoms with Crippen LogP contribution in [0.2, 0.25) is 0 Å². The van der Waals surface area contributed by atoms with Gasteiger partial charge < -0.3 is 66.7 Å². The number of carbonyl (C=O) groups excluding carboxylic acids is 8. The molecule has 9 N–H and O–H groups in total. The van der Waals surface area contributed by atoms with Crippen LogP contribution in [0.5, 0.6) is 0 Å². The first-order chi connectivity index (χ1) is 39.7. The Balaban J connectivity index is 0.821. The van der Waals surface area contributed by atoms with Gasteiger partial charge in [-0.25, -0.2) is 0 Å². The Morgan fingerprint density at radius 1 is 0.561 bits per heavy atom. The summed E-state index contributed by atoms with van der Waals surface area (Å²) < 4.78 is 12.2. The van der Waals surface area contributed by atoms with E-state index in [1.165, 1.54) is 0 Å². The second kappa shape index (κ2) is 31.7. The molecule has 21 heteroatoms. The molecule has 4 saturated heterocycles. The standard InChI is InChI=1S/C61H91N9O12/c1-5-46(62-3)55(74)67-53-42(34-71)23-25-44-27-29-48(69(44)60(53)79)57(76)65-51(40-14-9-7-10-15-40)50(73)18-13-32-81-36-38-19-21-39(22-20-38)37-82-33-31-64-59(78)52(41-16-11-8-12-17-41)66-58(77)49-30-28-45-26-24-43(35-72)54(61(80)70(45)49)68-56(75)47(6-2)63-4/h7-12,14-17,38-39,42-49,51-54,62-63,71-72H,5-6,13,18-37H2,1-4H3,(H,64,78)(H,65,76)(H,66,77)(H,67,74)(H,68,75)/t38?,39?,42-,43-,44+,45+,46+,47+,48+,49+,51+,52+,53+,54+/m1/s1. The Bertz CT molecular complexity index is 2260. The lowest BCUT2D eigenvalue weighted by Crippen LogP contribution is -2.59. The van der Waals surface area contributed by atoms with Gasteiger partial charge in [0.1, 0.15) is 36.3 Å². The van der Waals surface area contributed by atoms with E-state index in [2.05, 4.69) is 37.2 Å². The van der Waals surface area contributed by atoms with Crippen LogP contribution in [0.1, 0.15) is 140 Å². The second-order valence-electron chi connectivity index (χ2n) is 23.1. The molecular formula is C61H91N9O12. The van der Waals surface area contributed by atoms with E-state index in [4.69, 9.17) is 9.47 Å². The molecule has 5 aliphatic rings. The van der Waals surface area contributed by atoms with Crippen molar-refractivity contribution in [3.63, 3.8) is 0 Å². The number of Topliss-reactive ketones (excluding diaryl/α,β-unsaturated/α-hetero) is 1. The highest BCUT2D eigenvalue weighted by Gasteiger charge is 2.50. The largest absolute Gasteiger partial charge is 0.396 e. The minimum atomic E-state index is -1.03. The Hall–Kier alpha value is -5.84. The van der Waals surface area contributed by atoms with Crippen LogP contribution in [0.4, 0.5) is 0 Å². The zero-order chi connectivity index (χ0) is 58.7. The number of likely N-dealkylation sites (N-methyl/N-ethyl adjacent to an activating group) is 2. The van der Waals surface area contributed by atoms with Crippen LogP contribution in [-0.2, 0) is 47.8 Å². The van der Waals surface area contributed by atoms with Crippen molar-refractivity contribution in [2.24, 2.45) is 23.7 Å². The summed E-state index contributed by atoms with van der Waals surface area (Å²) >= 11 is 0. The summed E-state index contributed by atoms with van der Waals surface area (Å²) in [6, 6.07) is 10.9. The van der Waals surface area contributed by atoms with Crippen LogP contribution in [0.25, 0.3) is 0 Å². The van der Waals surface area contributed by atoms with Gasteiger partial charge >= 0.3 is 0 Å². The minimum Gasteiger partial charge on any atom is -0.396 e. The number of nitrogens with one attached hydrogen (secondary N) is 7. The van der Waals surface area contributed by atoms with Gasteiger partial charge in [0, 0.05) is 69.9 Å². The van der Waals surface area contributed by atoms with Gasteiger partial charge in [0.05, 0.1) is 18.7 Å². The van der Waals surface area contributed by atoms with Crippen LogP contribution in [0.3, 0.4) is 0 Å². The van der Waals surface area contributed by atoms with Gasteiger partial charge in [-0.1, -0.05) is 74.5 Å². The van der Waals surface area contributed by atoms with Crippen molar-refractivity contribution in [3.05, 3.63) is 71.8 Å². The van der Waals surface area contributed by atoms with Crippen LogP contribution < -0.4 is 37.2 Å². The molecule has 452 valence electrons. The number of benzene rings is 2. The molecule has 0 unspecified atom stereocenters. The number of carbonyl (C=O) groups is 8. The third-order valence-corrected chi connectivity index (χ3v) is 17.9. The molecule has 0 radical (unpaired) electrons. The van der Waals surface area contributed by atoms with Crippen molar-refractivity contribution >= 4 is 47.1 Å². The zero-order valence-corrected chi connectivity index (χ0v) is 48.5. The van der Waals surface area contributed by atoms with Crippen LogP contribution in [0.15, 0.2) is 60.7 Å². The van der Waals surface area contributed by atoms with Crippen molar-refractivity contribution in [1.29, 1.82) is 0 Å². The van der Waals surface area contributed by atoms with Gasteiger partial charge in [-0.3, -0.25) is 38.4 Å². The summed E-state index contributed by atoms with van der Waals surface area (Å²) in [4.78, 5) is 114. The lowest BCUT2D eigenvalue weighted by Gasteiger charge is -2.33.